The topological polar surface area (TPSA) is 49.7 Å². The van der Waals surface area contributed by atoms with E-state index in [-0.39, 0.29) is 12.2 Å². The van der Waals surface area contributed by atoms with Gasteiger partial charge in [-0.15, -0.1) is 0 Å². The van der Waals surface area contributed by atoms with Crippen LogP contribution in [0, 0.1) is 0 Å². The highest BCUT2D eigenvalue weighted by atomic mass is 16.5. The first-order valence-electron chi connectivity index (χ1n) is 6.28. The molecule has 3 nitrogen and oxygen atoms in total. The number of rotatable bonds is 4. The van der Waals surface area contributed by atoms with Crippen molar-refractivity contribution in [2.75, 3.05) is 6.61 Å². The SMILES string of the molecule is CC(O)CCOc1ccc2c(c1)CCCC2O. The molecule has 94 valence electrons. The maximum Gasteiger partial charge on any atom is 0.119 e. The fourth-order valence-corrected chi connectivity index (χ4v) is 2.20. The number of aliphatic hydroxyl groups is 2. The van der Waals surface area contributed by atoms with Crippen molar-refractivity contribution in [1.29, 1.82) is 0 Å². The van der Waals surface area contributed by atoms with Crippen molar-refractivity contribution in [3.8, 4) is 5.75 Å². The monoisotopic (exact) mass is 236 g/mol. The van der Waals surface area contributed by atoms with Gasteiger partial charge in [0.15, 0.2) is 0 Å². The number of hydrogen-bond donors (Lipinski definition) is 2. The summed E-state index contributed by atoms with van der Waals surface area (Å²) in [7, 11) is 0. The Bertz CT molecular complexity index is 374. The Labute approximate surface area is 102 Å². The van der Waals surface area contributed by atoms with E-state index in [1.807, 2.05) is 18.2 Å². The molecule has 0 bridgehead atoms. The summed E-state index contributed by atoms with van der Waals surface area (Å²) in [5.74, 6) is 0.832. The zero-order chi connectivity index (χ0) is 12.3. The van der Waals surface area contributed by atoms with Crippen LogP contribution in [0.5, 0.6) is 5.75 Å². The first-order chi connectivity index (χ1) is 8.16. The van der Waals surface area contributed by atoms with Crippen LogP contribution < -0.4 is 4.74 Å². The smallest absolute Gasteiger partial charge is 0.119 e. The zero-order valence-corrected chi connectivity index (χ0v) is 10.2. The van der Waals surface area contributed by atoms with Crippen molar-refractivity contribution in [1.82, 2.24) is 0 Å². The zero-order valence-electron chi connectivity index (χ0n) is 10.2. The van der Waals surface area contributed by atoms with E-state index in [1.54, 1.807) is 6.92 Å². The molecule has 0 aromatic heterocycles. The van der Waals surface area contributed by atoms with Gasteiger partial charge in [-0.25, -0.2) is 0 Å². The molecule has 0 fully saturated rings. The van der Waals surface area contributed by atoms with Crippen molar-refractivity contribution in [3.05, 3.63) is 29.3 Å². The van der Waals surface area contributed by atoms with Gasteiger partial charge in [0.1, 0.15) is 5.75 Å². The van der Waals surface area contributed by atoms with E-state index in [2.05, 4.69) is 0 Å². The highest BCUT2D eigenvalue weighted by molar-refractivity contribution is 5.38. The quantitative estimate of drug-likeness (QED) is 0.842. The van der Waals surface area contributed by atoms with Gasteiger partial charge in [-0.2, -0.15) is 0 Å². The second kappa shape index (κ2) is 5.52. The third-order valence-electron chi connectivity index (χ3n) is 3.20. The van der Waals surface area contributed by atoms with Gasteiger partial charge >= 0.3 is 0 Å². The van der Waals surface area contributed by atoms with Gasteiger partial charge in [0.2, 0.25) is 0 Å². The molecule has 3 heteroatoms. The van der Waals surface area contributed by atoms with Crippen molar-refractivity contribution < 1.29 is 14.9 Å². The highest BCUT2D eigenvalue weighted by Gasteiger charge is 2.17. The Morgan fingerprint density at radius 3 is 3.06 bits per heavy atom. The van der Waals surface area contributed by atoms with Crippen molar-refractivity contribution in [2.45, 2.75) is 44.8 Å². The minimum atomic E-state index is -0.325. The van der Waals surface area contributed by atoms with Gasteiger partial charge in [0.05, 0.1) is 18.8 Å². The third-order valence-corrected chi connectivity index (χ3v) is 3.20. The Morgan fingerprint density at radius 1 is 1.47 bits per heavy atom. The second-order valence-corrected chi connectivity index (χ2v) is 4.75. The summed E-state index contributed by atoms with van der Waals surface area (Å²) in [5, 5.41) is 19.0. The summed E-state index contributed by atoms with van der Waals surface area (Å²) >= 11 is 0. The predicted molar refractivity (Wildman–Crippen MR) is 66.1 cm³/mol. The third kappa shape index (κ3) is 3.20. The fourth-order valence-electron chi connectivity index (χ4n) is 2.20. The second-order valence-electron chi connectivity index (χ2n) is 4.75. The molecule has 0 saturated heterocycles. The fraction of sp³-hybridized carbons (Fsp3) is 0.571. The summed E-state index contributed by atoms with van der Waals surface area (Å²) in [6.07, 6.45) is 2.90. The number of aliphatic hydroxyl groups excluding tert-OH is 2. The number of aryl methyl sites for hydroxylation is 1. The van der Waals surface area contributed by atoms with E-state index < -0.39 is 0 Å². The molecule has 0 radical (unpaired) electrons. The molecule has 2 unspecified atom stereocenters. The number of benzene rings is 1. The van der Waals surface area contributed by atoms with E-state index in [0.717, 1.165) is 30.6 Å². The van der Waals surface area contributed by atoms with Crippen molar-refractivity contribution >= 4 is 0 Å². The van der Waals surface area contributed by atoms with E-state index in [4.69, 9.17) is 9.84 Å². The molecule has 0 spiro atoms. The van der Waals surface area contributed by atoms with Gasteiger partial charge in [0.25, 0.3) is 0 Å². The van der Waals surface area contributed by atoms with Crippen LogP contribution in [0.3, 0.4) is 0 Å². The van der Waals surface area contributed by atoms with Gasteiger partial charge in [-0.05, 0) is 49.4 Å². The lowest BCUT2D eigenvalue weighted by Gasteiger charge is -2.21. The van der Waals surface area contributed by atoms with Crippen LogP contribution in [0.15, 0.2) is 18.2 Å². The summed E-state index contributed by atoms with van der Waals surface area (Å²) in [4.78, 5) is 0. The van der Waals surface area contributed by atoms with E-state index in [1.165, 1.54) is 5.56 Å². The van der Waals surface area contributed by atoms with Crippen molar-refractivity contribution in [3.63, 3.8) is 0 Å². The van der Waals surface area contributed by atoms with Gasteiger partial charge in [0, 0.05) is 6.42 Å². The molecular weight excluding hydrogens is 216 g/mol. The van der Waals surface area contributed by atoms with Crippen LogP contribution in [0.2, 0.25) is 0 Å². The number of fused-ring (bicyclic) bond motifs is 1. The van der Waals surface area contributed by atoms with Crippen LogP contribution >= 0.6 is 0 Å². The molecule has 1 aromatic rings. The molecule has 2 N–H and O–H groups in total. The van der Waals surface area contributed by atoms with E-state index in [9.17, 15) is 5.11 Å². The van der Waals surface area contributed by atoms with E-state index >= 15 is 0 Å². The largest absolute Gasteiger partial charge is 0.493 e. The van der Waals surface area contributed by atoms with Crippen LogP contribution in [0.25, 0.3) is 0 Å². The molecule has 1 aromatic carbocycles. The predicted octanol–water partition coefficient (Wildman–Crippen LogP) is 2.21. The van der Waals surface area contributed by atoms with Crippen LogP contribution in [0.4, 0.5) is 0 Å². The normalized spacial score (nSPS) is 20.8. The van der Waals surface area contributed by atoms with E-state index in [0.29, 0.717) is 13.0 Å². The first-order valence-corrected chi connectivity index (χ1v) is 6.28. The molecule has 1 aliphatic carbocycles. The molecule has 2 rings (SSSR count). The minimum absolute atomic E-state index is 0.315. The summed E-state index contributed by atoms with van der Waals surface area (Å²) < 4.78 is 5.58. The lowest BCUT2D eigenvalue weighted by molar-refractivity contribution is 0.153. The Morgan fingerprint density at radius 2 is 2.29 bits per heavy atom. The molecular formula is C14H20O3. The standard InChI is InChI=1S/C14H20O3/c1-10(15)7-8-17-12-5-6-13-11(9-12)3-2-4-14(13)16/h5-6,9-10,14-16H,2-4,7-8H2,1H3. The molecule has 0 saturated carbocycles. The highest BCUT2D eigenvalue weighted by Crippen LogP contribution is 2.31. The lowest BCUT2D eigenvalue weighted by atomic mass is 9.89. The Kier molecular flexibility index (Phi) is 4.02. The van der Waals surface area contributed by atoms with Gasteiger partial charge in [-0.1, -0.05) is 6.07 Å². The maximum absolute atomic E-state index is 9.83. The van der Waals surface area contributed by atoms with Gasteiger partial charge in [-0.3, -0.25) is 0 Å². The lowest BCUT2D eigenvalue weighted by Crippen LogP contribution is -2.10. The van der Waals surface area contributed by atoms with Crippen LogP contribution in [-0.4, -0.2) is 22.9 Å². The molecule has 0 amide bonds. The summed E-state index contributed by atoms with van der Waals surface area (Å²) in [5.41, 5.74) is 2.23. The van der Waals surface area contributed by atoms with Crippen molar-refractivity contribution in [2.24, 2.45) is 0 Å². The number of hydrogen-bond acceptors (Lipinski definition) is 3. The molecule has 17 heavy (non-hydrogen) atoms. The maximum atomic E-state index is 9.83. The summed E-state index contributed by atoms with van der Waals surface area (Å²) in [6, 6.07) is 5.87. The molecule has 0 heterocycles. The first kappa shape index (κ1) is 12.4. The minimum Gasteiger partial charge on any atom is -0.493 e. The number of ether oxygens (including phenoxy) is 1. The Hall–Kier alpha value is -1.06. The molecule has 2 atom stereocenters. The molecule has 1 aliphatic rings. The van der Waals surface area contributed by atoms with Crippen LogP contribution in [-0.2, 0) is 6.42 Å². The average molecular weight is 236 g/mol. The summed E-state index contributed by atoms with van der Waals surface area (Å²) in [6.45, 7) is 2.28. The van der Waals surface area contributed by atoms with Gasteiger partial charge < -0.3 is 14.9 Å². The average Bonchev–Trinajstić information content (AvgIpc) is 2.29. The Balaban J connectivity index is 2.01. The molecule has 0 aliphatic heterocycles. The van der Waals surface area contributed by atoms with Crippen LogP contribution in [0.1, 0.15) is 43.4 Å².